The zero-order valence-electron chi connectivity index (χ0n) is 9.86. The summed E-state index contributed by atoms with van der Waals surface area (Å²) in [5.41, 5.74) is 9.27. The largest absolute Gasteiger partial charge is 0.336 e. The number of halogens is 1. The molecule has 1 aromatic carbocycles. The average molecular weight is 294 g/mol. The van der Waals surface area contributed by atoms with Crippen LogP contribution in [0.2, 0.25) is 0 Å². The molecule has 0 aliphatic rings. The molecule has 0 bridgehead atoms. The monoisotopic (exact) mass is 293 g/mol. The summed E-state index contributed by atoms with van der Waals surface area (Å²) in [6, 6.07) is 8.40. The number of imidazole rings is 1. The normalized spacial score (nSPS) is 10.8. The van der Waals surface area contributed by atoms with Crippen molar-refractivity contribution in [1.29, 1.82) is 0 Å². The minimum absolute atomic E-state index is 0.548. The number of hydrogen-bond acceptors (Lipinski definition) is 2. The molecule has 3 nitrogen and oxygen atoms in total. The van der Waals surface area contributed by atoms with Gasteiger partial charge in [0.25, 0.3) is 0 Å². The summed E-state index contributed by atoms with van der Waals surface area (Å²) in [6.45, 7) is 0.548. The topological polar surface area (TPSA) is 43.8 Å². The number of nitrogens with two attached hydrogens (primary N) is 1. The summed E-state index contributed by atoms with van der Waals surface area (Å²) in [7, 11) is 1.98. The fourth-order valence-electron chi connectivity index (χ4n) is 1.89. The van der Waals surface area contributed by atoms with Gasteiger partial charge in [-0.2, -0.15) is 0 Å². The minimum Gasteiger partial charge on any atom is -0.336 e. The maximum Gasteiger partial charge on any atom is 0.0949 e. The molecule has 0 aliphatic carbocycles. The van der Waals surface area contributed by atoms with Crippen molar-refractivity contribution >= 4 is 15.9 Å². The molecule has 0 amide bonds. The average Bonchev–Trinajstić information content (AvgIpc) is 2.69. The van der Waals surface area contributed by atoms with E-state index in [1.807, 2.05) is 17.9 Å². The molecule has 0 spiro atoms. The molecule has 1 heterocycles. The van der Waals surface area contributed by atoms with Crippen molar-refractivity contribution in [2.24, 2.45) is 12.8 Å². The zero-order valence-corrected chi connectivity index (χ0v) is 11.4. The van der Waals surface area contributed by atoms with Gasteiger partial charge in [0.1, 0.15) is 0 Å². The summed E-state index contributed by atoms with van der Waals surface area (Å²) in [6.07, 6.45) is 3.77. The number of aryl methyl sites for hydroxylation is 3. The van der Waals surface area contributed by atoms with Crippen LogP contribution in [0, 0.1) is 0 Å². The molecule has 1 aromatic heterocycles. The third-order valence-electron chi connectivity index (χ3n) is 2.90. The summed E-state index contributed by atoms with van der Waals surface area (Å²) in [5.74, 6) is 0. The van der Waals surface area contributed by atoms with Crippen LogP contribution in [0.15, 0.2) is 35.1 Å². The van der Waals surface area contributed by atoms with Crippen molar-refractivity contribution in [3.05, 3.63) is 52.0 Å². The van der Waals surface area contributed by atoms with E-state index in [1.54, 1.807) is 0 Å². The van der Waals surface area contributed by atoms with Gasteiger partial charge in [-0.25, -0.2) is 4.98 Å². The number of rotatable bonds is 4. The smallest absolute Gasteiger partial charge is 0.0949 e. The first-order valence-corrected chi connectivity index (χ1v) is 6.43. The Morgan fingerprint density at radius 3 is 2.59 bits per heavy atom. The van der Waals surface area contributed by atoms with E-state index in [9.17, 15) is 0 Å². The highest BCUT2D eigenvalue weighted by atomic mass is 79.9. The highest BCUT2D eigenvalue weighted by Crippen LogP contribution is 2.13. The van der Waals surface area contributed by atoms with Gasteiger partial charge in [-0.15, -0.1) is 0 Å². The molecule has 0 unspecified atom stereocenters. The van der Waals surface area contributed by atoms with Gasteiger partial charge >= 0.3 is 0 Å². The number of hydrogen-bond donors (Lipinski definition) is 1. The molecule has 0 atom stereocenters. The van der Waals surface area contributed by atoms with E-state index < -0.39 is 0 Å². The first-order chi connectivity index (χ1) is 8.20. The lowest BCUT2D eigenvalue weighted by atomic mass is 10.1. The van der Waals surface area contributed by atoms with Crippen molar-refractivity contribution in [1.82, 2.24) is 9.55 Å². The van der Waals surface area contributed by atoms with Gasteiger partial charge in [0, 0.05) is 18.1 Å². The molecular weight excluding hydrogens is 278 g/mol. The van der Waals surface area contributed by atoms with Gasteiger partial charge in [0.15, 0.2) is 0 Å². The Hall–Kier alpha value is -1.13. The molecule has 2 N–H and O–H groups in total. The lowest BCUT2D eigenvalue weighted by Gasteiger charge is -2.03. The second-order valence-electron chi connectivity index (χ2n) is 4.08. The SMILES string of the molecule is Cn1cnc(CCc2ccc(Br)cc2)c1CN. The molecule has 4 heteroatoms. The van der Waals surface area contributed by atoms with E-state index >= 15 is 0 Å². The second kappa shape index (κ2) is 5.47. The van der Waals surface area contributed by atoms with Crippen molar-refractivity contribution in [3.8, 4) is 0 Å². The highest BCUT2D eigenvalue weighted by Gasteiger charge is 2.06. The summed E-state index contributed by atoms with van der Waals surface area (Å²) in [5, 5.41) is 0. The van der Waals surface area contributed by atoms with E-state index in [0.29, 0.717) is 6.54 Å². The van der Waals surface area contributed by atoms with E-state index in [4.69, 9.17) is 5.73 Å². The Labute approximate surface area is 110 Å². The van der Waals surface area contributed by atoms with Crippen LogP contribution in [0.4, 0.5) is 0 Å². The van der Waals surface area contributed by atoms with Gasteiger partial charge in [0.05, 0.1) is 17.7 Å². The van der Waals surface area contributed by atoms with Crippen LogP contribution in [0.25, 0.3) is 0 Å². The molecule has 0 radical (unpaired) electrons. The first kappa shape index (κ1) is 12.3. The fourth-order valence-corrected chi connectivity index (χ4v) is 2.15. The molecule has 0 aliphatic heterocycles. The van der Waals surface area contributed by atoms with Gasteiger partial charge in [-0.05, 0) is 30.5 Å². The standard InChI is InChI=1S/C13H16BrN3/c1-17-9-16-12(13(17)8-15)7-4-10-2-5-11(14)6-3-10/h2-3,5-6,9H,4,7-8,15H2,1H3. The molecule has 17 heavy (non-hydrogen) atoms. The Balaban J connectivity index is 2.04. The van der Waals surface area contributed by atoms with E-state index in [2.05, 4.69) is 45.2 Å². The van der Waals surface area contributed by atoms with Gasteiger partial charge in [-0.3, -0.25) is 0 Å². The van der Waals surface area contributed by atoms with Gasteiger partial charge in [-0.1, -0.05) is 28.1 Å². The van der Waals surface area contributed by atoms with E-state index in [0.717, 1.165) is 28.7 Å². The summed E-state index contributed by atoms with van der Waals surface area (Å²) in [4.78, 5) is 4.39. The molecule has 2 rings (SSSR count). The van der Waals surface area contributed by atoms with Crippen LogP contribution in [0.3, 0.4) is 0 Å². The van der Waals surface area contributed by atoms with Crippen molar-refractivity contribution < 1.29 is 0 Å². The quantitative estimate of drug-likeness (QED) is 0.941. The number of aromatic nitrogens is 2. The predicted octanol–water partition coefficient (Wildman–Crippen LogP) is 2.43. The second-order valence-corrected chi connectivity index (χ2v) is 5.00. The molecule has 0 fully saturated rings. The highest BCUT2D eigenvalue weighted by molar-refractivity contribution is 9.10. The lowest BCUT2D eigenvalue weighted by Crippen LogP contribution is -2.06. The molecule has 0 saturated heterocycles. The van der Waals surface area contributed by atoms with Crippen LogP contribution in [0.5, 0.6) is 0 Å². The van der Waals surface area contributed by atoms with Crippen molar-refractivity contribution in [2.75, 3.05) is 0 Å². The van der Waals surface area contributed by atoms with Crippen LogP contribution < -0.4 is 5.73 Å². The maximum absolute atomic E-state index is 5.72. The number of benzene rings is 1. The minimum atomic E-state index is 0.548. The Morgan fingerprint density at radius 1 is 1.24 bits per heavy atom. The summed E-state index contributed by atoms with van der Waals surface area (Å²) < 4.78 is 3.11. The Kier molecular flexibility index (Phi) is 3.97. The Bertz CT molecular complexity index is 488. The zero-order chi connectivity index (χ0) is 12.3. The van der Waals surface area contributed by atoms with Gasteiger partial charge in [0.2, 0.25) is 0 Å². The lowest BCUT2D eigenvalue weighted by molar-refractivity contribution is 0.801. The Morgan fingerprint density at radius 2 is 1.94 bits per heavy atom. The molecule has 0 saturated carbocycles. The van der Waals surface area contributed by atoms with E-state index in [1.165, 1.54) is 5.56 Å². The molecule has 2 aromatic rings. The summed E-state index contributed by atoms with van der Waals surface area (Å²) >= 11 is 3.44. The third kappa shape index (κ3) is 2.96. The fraction of sp³-hybridized carbons (Fsp3) is 0.308. The maximum atomic E-state index is 5.72. The van der Waals surface area contributed by atoms with Crippen molar-refractivity contribution in [2.45, 2.75) is 19.4 Å². The van der Waals surface area contributed by atoms with Crippen LogP contribution >= 0.6 is 15.9 Å². The van der Waals surface area contributed by atoms with Gasteiger partial charge < -0.3 is 10.3 Å². The van der Waals surface area contributed by atoms with Crippen LogP contribution in [-0.4, -0.2) is 9.55 Å². The number of nitrogens with zero attached hydrogens (tertiary/aromatic N) is 2. The van der Waals surface area contributed by atoms with Crippen LogP contribution in [0.1, 0.15) is 17.0 Å². The van der Waals surface area contributed by atoms with E-state index in [-0.39, 0.29) is 0 Å². The van der Waals surface area contributed by atoms with Crippen molar-refractivity contribution in [3.63, 3.8) is 0 Å². The molecule has 90 valence electrons. The first-order valence-electron chi connectivity index (χ1n) is 5.64. The predicted molar refractivity (Wildman–Crippen MR) is 72.6 cm³/mol. The van der Waals surface area contributed by atoms with Crippen LogP contribution in [-0.2, 0) is 26.4 Å². The molecular formula is C13H16BrN3. The third-order valence-corrected chi connectivity index (χ3v) is 3.43.